The van der Waals surface area contributed by atoms with Crippen LogP contribution in [0.3, 0.4) is 0 Å². The summed E-state index contributed by atoms with van der Waals surface area (Å²) in [6, 6.07) is 3.78. The number of ether oxygens (including phenoxy) is 1. The molecule has 3 nitrogen and oxygen atoms in total. The topological polar surface area (TPSA) is 41.5 Å². The lowest BCUT2D eigenvalue weighted by Gasteiger charge is -2.10. The van der Waals surface area contributed by atoms with Gasteiger partial charge in [0.05, 0.1) is 11.6 Å². The summed E-state index contributed by atoms with van der Waals surface area (Å²) in [5.41, 5.74) is 2.68. The number of phenols is 1. The van der Waals surface area contributed by atoms with E-state index >= 15 is 0 Å². The molecule has 2 rings (SSSR count). The molecule has 0 fully saturated rings. The van der Waals surface area contributed by atoms with Gasteiger partial charge in [0.15, 0.2) is 11.5 Å². The highest BCUT2D eigenvalue weighted by Crippen LogP contribution is 2.35. The van der Waals surface area contributed by atoms with Gasteiger partial charge in [0.25, 0.3) is 0 Å². The van der Waals surface area contributed by atoms with Crippen LogP contribution in [0.1, 0.15) is 31.2 Å². The van der Waals surface area contributed by atoms with Gasteiger partial charge >= 0.3 is 0 Å². The summed E-state index contributed by atoms with van der Waals surface area (Å²) >= 11 is 3.33. The minimum atomic E-state index is 0.155. The van der Waals surface area contributed by atoms with Crippen molar-refractivity contribution in [1.29, 1.82) is 0 Å². The van der Waals surface area contributed by atoms with E-state index in [2.05, 4.69) is 27.3 Å². The predicted octanol–water partition coefficient (Wildman–Crippen LogP) is 3.75. The standard InChI is InChI=1S/C15H20BrNO2/c1-19-14-9-12(8-13(16)15(14)18)10-17-7-6-11-4-2-3-5-11/h4,8-9,17-18H,2-3,5-7,10H2,1H3. The van der Waals surface area contributed by atoms with Crippen LogP contribution in [-0.2, 0) is 6.54 Å². The minimum absolute atomic E-state index is 0.155. The molecule has 1 aliphatic carbocycles. The number of aromatic hydroxyl groups is 1. The van der Waals surface area contributed by atoms with E-state index in [0.29, 0.717) is 10.2 Å². The molecule has 4 heteroatoms. The zero-order valence-corrected chi connectivity index (χ0v) is 12.8. The summed E-state index contributed by atoms with van der Waals surface area (Å²) in [6.45, 7) is 1.77. The van der Waals surface area contributed by atoms with Crippen LogP contribution in [0.5, 0.6) is 11.5 Å². The van der Waals surface area contributed by atoms with Gasteiger partial charge in [0, 0.05) is 6.54 Å². The Kier molecular flexibility index (Phi) is 5.28. The first-order valence-electron chi connectivity index (χ1n) is 6.64. The predicted molar refractivity (Wildman–Crippen MR) is 80.6 cm³/mol. The molecule has 0 amide bonds. The fourth-order valence-electron chi connectivity index (χ4n) is 2.33. The molecule has 0 saturated heterocycles. The number of hydrogen-bond acceptors (Lipinski definition) is 3. The van der Waals surface area contributed by atoms with Crippen LogP contribution in [0.15, 0.2) is 28.3 Å². The lowest BCUT2D eigenvalue weighted by molar-refractivity contribution is 0.371. The lowest BCUT2D eigenvalue weighted by atomic mass is 10.1. The first-order chi connectivity index (χ1) is 9.20. The third-order valence-electron chi connectivity index (χ3n) is 3.40. The molecule has 0 unspecified atom stereocenters. The van der Waals surface area contributed by atoms with Gasteiger partial charge in [0.2, 0.25) is 0 Å². The van der Waals surface area contributed by atoms with Crippen molar-refractivity contribution >= 4 is 15.9 Å². The van der Waals surface area contributed by atoms with E-state index in [4.69, 9.17) is 4.74 Å². The molecular formula is C15H20BrNO2. The van der Waals surface area contributed by atoms with E-state index in [9.17, 15) is 5.11 Å². The van der Waals surface area contributed by atoms with Gasteiger partial charge in [-0.2, -0.15) is 0 Å². The van der Waals surface area contributed by atoms with Gasteiger partial charge in [0.1, 0.15) is 0 Å². The molecule has 0 radical (unpaired) electrons. The maximum absolute atomic E-state index is 9.74. The highest BCUT2D eigenvalue weighted by atomic mass is 79.9. The summed E-state index contributed by atoms with van der Waals surface area (Å²) < 4.78 is 5.81. The Labute approximate surface area is 122 Å². The highest BCUT2D eigenvalue weighted by Gasteiger charge is 2.08. The largest absolute Gasteiger partial charge is 0.503 e. The van der Waals surface area contributed by atoms with Crippen LogP contribution >= 0.6 is 15.9 Å². The normalized spacial score (nSPS) is 14.5. The molecule has 0 bridgehead atoms. The van der Waals surface area contributed by atoms with E-state index in [1.807, 2.05) is 12.1 Å². The van der Waals surface area contributed by atoms with Crippen molar-refractivity contribution in [2.24, 2.45) is 0 Å². The molecular weight excluding hydrogens is 306 g/mol. The second kappa shape index (κ2) is 6.96. The van der Waals surface area contributed by atoms with Crippen molar-refractivity contribution in [3.8, 4) is 11.5 Å². The SMILES string of the molecule is COc1cc(CNCCC2=CCCC2)cc(Br)c1O. The Balaban J connectivity index is 1.83. The molecule has 0 heterocycles. The van der Waals surface area contributed by atoms with Crippen LogP contribution in [0.4, 0.5) is 0 Å². The van der Waals surface area contributed by atoms with Gasteiger partial charge in [-0.05, 0) is 65.9 Å². The summed E-state index contributed by atoms with van der Waals surface area (Å²) in [6.07, 6.45) is 7.33. The van der Waals surface area contributed by atoms with Crippen LogP contribution in [0.25, 0.3) is 0 Å². The molecule has 0 aromatic heterocycles. The van der Waals surface area contributed by atoms with E-state index in [1.165, 1.54) is 19.3 Å². The fraction of sp³-hybridized carbons (Fsp3) is 0.467. The molecule has 1 aliphatic rings. The van der Waals surface area contributed by atoms with E-state index in [-0.39, 0.29) is 5.75 Å². The summed E-state index contributed by atoms with van der Waals surface area (Å²) in [5, 5.41) is 13.2. The lowest BCUT2D eigenvalue weighted by Crippen LogP contribution is -2.15. The molecule has 19 heavy (non-hydrogen) atoms. The zero-order chi connectivity index (χ0) is 13.7. The van der Waals surface area contributed by atoms with Crippen molar-refractivity contribution in [2.75, 3.05) is 13.7 Å². The number of nitrogens with one attached hydrogen (secondary N) is 1. The summed E-state index contributed by atoms with van der Waals surface area (Å²) in [5.74, 6) is 0.659. The highest BCUT2D eigenvalue weighted by molar-refractivity contribution is 9.10. The molecule has 1 aromatic carbocycles. The first-order valence-corrected chi connectivity index (χ1v) is 7.44. The Morgan fingerprint density at radius 3 is 2.95 bits per heavy atom. The Hall–Kier alpha value is -1.00. The number of rotatable bonds is 6. The van der Waals surface area contributed by atoms with Gasteiger partial charge in [-0.3, -0.25) is 0 Å². The van der Waals surface area contributed by atoms with Crippen molar-refractivity contribution < 1.29 is 9.84 Å². The molecule has 0 aliphatic heterocycles. The number of hydrogen-bond donors (Lipinski definition) is 2. The number of allylic oxidation sites excluding steroid dienone is 1. The first kappa shape index (κ1) is 14.4. The second-order valence-electron chi connectivity index (χ2n) is 4.81. The van der Waals surface area contributed by atoms with Crippen molar-refractivity contribution in [1.82, 2.24) is 5.32 Å². The van der Waals surface area contributed by atoms with Crippen molar-refractivity contribution in [3.63, 3.8) is 0 Å². The van der Waals surface area contributed by atoms with Gasteiger partial charge < -0.3 is 15.2 Å². The van der Waals surface area contributed by atoms with Crippen LogP contribution in [-0.4, -0.2) is 18.8 Å². The van der Waals surface area contributed by atoms with Gasteiger partial charge in [-0.1, -0.05) is 11.6 Å². The minimum Gasteiger partial charge on any atom is -0.503 e. The Bertz CT molecular complexity index is 471. The number of benzene rings is 1. The smallest absolute Gasteiger partial charge is 0.172 e. The quantitative estimate of drug-likeness (QED) is 0.618. The second-order valence-corrected chi connectivity index (χ2v) is 5.66. The van der Waals surface area contributed by atoms with Crippen LogP contribution in [0, 0.1) is 0 Å². The van der Waals surface area contributed by atoms with Gasteiger partial charge in [-0.25, -0.2) is 0 Å². The maximum Gasteiger partial charge on any atom is 0.172 e. The average Bonchev–Trinajstić information content (AvgIpc) is 2.91. The zero-order valence-electron chi connectivity index (χ0n) is 11.2. The molecule has 2 N–H and O–H groups in total. The summed E-state index contributed by atoms with van der Waals surface area (Å²) in [4.78, 5) is 0. The monoisotopic (exact) mass is 325 g/mol. The molecule has 0 atom stereocenters. The van der Waals surface area contributed by atoms with E-state index in [1.54, 1.807) is 12.7 Å². The van der Waals surface area contributed by atoms with Gasteiger partial charge in [-0.15, -0.1) is 0 Å². The van der Waals surface area contributed by atoms with Crippen molar-refractivity contribution in [2.45, 2.75) is 32.2 Å². The summed E-state index contributed by atoms with van der Waals surface area (Å²) in [7, 11) is 1.56. The fourth-order valence-corrected chi connectivity index (χ4v) is 2.82. The third-order valence-corrected chi connectivity index (χ3v) is 4.00. The van der Waals surface area contributed by atoms with Crippen LogP contribution < -0.4 is 10.1 Å². The number of methoxy groups -OCH3 is 1. The molecule has 0 spiro atoms. The van der Waals surface area contributed by atoms with E-state index in [0.717, 1.165) is 25.1 Å². The van der Waals surface area contributed by atoms with E-state index < -0.39 is 0 Å². The Morgan fingerprint density at radius 2 is 2.26 bits per heavy atom. The molecule has 1 aromatic rings. The third kappa shape index (κ3) is 3.98. The number of halogens is 1. The Morgan fingerprint density at radius 1 is 1.42 bits per heavy atom. The van der Waals surface area contributed by atoms with Crippen molar-refractivity contribution in [3.05, 3.63) is 33.8 Å². The average molecular weight is 326 g/mol. The van der Waals surface area contributed by atoms with Crippen LogP contribution in [0.2, 0.25) is 0 Å². The maximum atomic E-state index is 9.74. The molecule has 104 valence electrons. The molecule has 0 saturated carbocycles. The number of phenolic OH excluding ortho intramolecular Hbond substituents is 1.